The maximum atomic E-state index is 12.9. The maximum Gasteiger partial charge on any atom is 0.278 e. The topological polar surface area (TPSA) is 56.6 Å². The SMILES string of the molecule is CCN(C[C@H]1CCCO1)C(=O)c1nn(-c2ccccc2)cc1OC. The Kier molecular flexibility index (Phi) is 5.15. The van der Waals surface area contributed by atoms with Crippen LogP contribution in [0.25, 0.3) is 5.69 Å². The van der Waals surface area contributed by atoms with Crippen molar-refractivity contribution in [2.24, 2.45) is 0 Å². The molecule has 1 saturated heterocycles. The summed E-state index contributed by atoms with van der Waals surface area (Å²) < 4.78 is 12.7. The molecule has 0 aliphatic carbocycles. The first-order valence-electron chi connectivity index (χ1n) is 8.33. The third-order valence-corrected chi connectivity index (χ3v) is 4.24. The highest BCUT2D eigenvalue weighted by Gasteiger charge is 2.26. The van der Waals surface area contributed by atoms with Crippen molar-refractivity contribution in [3.8, 4) is 11.4 Å². The van der Waals surface area contributed by atoms with Gasteiger partial charge < -0.3 is 14.4 Å². The van der Waals surface area contributed by atoms with Gasteiger partial charge in [0.25, 0.3) is 5.91 Å². The van der Waals surface area contributed by atoms with Crippen LogP contribution in [-0.2, 0) is 4.74 Å². The van der Waals surface area contributed by atoms with E-state index in [-0.39, 0.29) is 12.0 Å². The third-order valence-electron chi connectivity index (χ3n) is 4.24. The van der Waals surface area contributed by atoms with Gasteiger partial charge in [0, 0.05) is 19.7 Å². The molecule has 6 heteroatoms. The molecule has 2 heterocycles. The summed E-state index contributed by atoms with van der Waals surface area (Å²) in [5.41, 5.74) is 1.22. The Hall–Kier alpha value is -2.34. The van der Waals surface area contributed by atoms with E-state index in [9.17, 15) is 4.79 Å². The molecule has 128 valence electrons. The van der Waals surface area contributed by atoms with E-state index in [0.717, 1.165) is 25.1 Å². The van der Waals surface area contributed by atoms with Crippen molar-refractivity contribution in [3.63, 3.8) is 0 Å². The monoisotopic (exact) mass is 329 g/mol. The summed E-state index contributed by atoms with van der Waals surface area (Å²) in [6.45, 7) is 3.95. The van der Waals surface area contributed by atoms with Crippen LogP contribution < -0.4 is 4.74 Å². The lowest BCUT2D eigenvalue weighted by Gasteiger charge is -2.23. The third kappa shape index (κ3) is 3.43. The van der Waals surface area contributed by atoms with Gasteiger partial charge in [0.2, 0.25) is 0 Å². The first kappa shape index (κ1) is 16.5. The molecule has 1 amide bonds. The number of rotatable bonds is 6. The molecule has 1 aromatic carbocycles. The van der Waals surface area contributed by atoms with E-state index in [1.54, 1.807) is 22.9 Å². The van der Waals surface area contributed by atoms with E-state index >= 15 is 0 Å². The van der Waals surface area contributed by atoms with E-state index < -0.39 is 0 Å². The molecule has 6 nitrogen and oxygen atoms in total. The summed E-state index contributed by atoms with van der Waals surface area (Å²) in [5, 5.41) is 4.45. The number of amides is 1. The largest absolute Gasteiger partial charge is 0.493 e. The van der Waals surface area contributed by atoms with Crippen molar-refractivity contribution >= 4 is 5.91 Å². The van der Waals surface area contributed by atoms with Crippen LogP contribution in [0.3, 0.4) is 0 Å². The second-order valence-corrected chi connectivity index (χ2v) is 5.81. The lowest BCUT2D eigenvalue weighted by atomic mass is 10.2. The molecule has 1 atom stereocenters. The number of para-hydroxylation sites is 1. The molecule has 1 aromatic heterocycles. The molecule has 1 aliphatic rings. The van der Waals surface area contributed by atoms with Crippen LogP contribution >= 0.6 is 0 Å². The number of aromatic nitrogens is 2. The average molecular weight is 329 g/mol. The van der Waals surface area contributed by atoms with Crippen molar-refractivity contribution in [2.45, 2.75) is 25.9 Å². The molecular weight excluding hydrogens is 306 g/mol. The van der Waals surface area contributed by atoms with Gasteiger partial charge >= 0.3 is 0 Å². The Morgan fingerprint density at radius 3 is 2.83 bits per heavy atom. The molecule has 0 radical (unpaired) electrons. The summed E-state index contributed by atoms with van der Waals surface area (Å²) >= 11 is 0. The molecule has 3 rings (SSSR count). The van der Waals surface area contributed by atoms with Gasteiger partial charge in [-0.15, -0.1) is 0 Å². The summed E-state index contributed by atoms with van der Waals surface area (Å²) in [5.74, 6) is 0.356. The quantitative estimate of drug-likeness (QED) is 0.817. The van der Waals surface area contributed by atoms with Crippen LogP contribution in [0.15, 0.2) is 36.5 Å². The zero-order valence-electron chi connectivity index (χ0n) is 14.1. The van der Waals surface area contributed by atoms with Crippen LogP contribution in [0.4, 0.5) is 0 Å². The predicted molar refractivity (Wildman–Crippen MR) is 90.7 cm³/mol. The fraction of sp³-hybridized carbons (Fsp3) is 0.444. The average Bonchev–Trinajstić information content (AvgIpc) is 3.29. The van der Waals surface area contributed by atoms with E-state index in [0.29, 0.717) is 24.5 Å². The van der Waals surface area contributed by atoms with Crippen LogP contribution in [0, 0.1) is 0 Å². The summed E-state index contributed by atoms with van der Waals surface area (Å²) in [6, 6.07) is 9.67. The zero-order chi connectivity index (χ0) is 16.9. The van der Waals surface area contributed by atoms with Gasteiger partial charge in [-0.25, -0.2) is 4.68 Å². The maximum absolute atomic E-state index is 12.9. The molecular formula is C18H23N3O3. The zero-order valence-corrected chi connectivity index (χ0v) is 14.1. The molecule has 1 fully saturated rings. The Balaban J connectivity index is 1.83. The minimum absolute atomic E-state index is 0.121. The van der Waals surface area contributed by atoms with Gasteiger partial charge in [-0.2, -0.15) is 5.10 Å². The molecule has 0 N–H and O–H groups in total. The molecule has 24 heavy (non-hydrogen) atoms. The minimum atomic E-state index is -0.125. The van der Waals surface area contributed by atoms with E-state index in [4.69, 9.17) is 9.47 Å². The highest BCUT2D eigenvalue weighted by molar-refractivity contribution is 5.95. The fourth-order valence-corrected chi connectivity index (χ4v) is 2.91. The lowest BCUT2D eigenvalue weighted by Crippen LogP contribution is -2.37. The Bertz CT molecular complexity index is 678. The van der Waals surface area contributed by atoms with Crippen molar-refractivity contribution in [3.05, 3.63) is 42.2 Å². The van der Waals surface area contributed by atoms with E-state index in [1.165, 1.54) is 0 Å². The van der Waals surface area contributed by atoms with Gasteiger partial charge in [0.1, 0.15) is 0 Å². The first-order valence-corrected chi connectivity index (χ1v) is 8.33. The van der Waals surface area contributed by atoms with Gasteiger partial charge in [0.05, 0.1) is 25.1 Å². The van der Waals surface area contributed by atoms with Crippen LogP contribution in [-0.4, -0.2) is 53.5 Å². The predicted octanol–water partition coefficient (Wildman–Crippen LogP) is 2.52. The Labute approximate surface area is 142 Å². The Morgan fingerprint density at radius 1 is 1.42 bits per heavy atom. The number of benzene rings is 1. The van der Waals surface area contributed by atoms with E-state index in [2.05, 4.69) is 5.10 Å². The van der Waals surface area contributed by atoms with Gasteiger partial charge in [-0.1, -0.05) is 18.2 Å². The molecule has 0 saturated carbocycles. The summed E-state index contributed by atoms with van der Waals surface area (Å²) in [7, 11) is 1.56. The number of ether oxygens (including phenoxy) is 2. The first-order chi connectivity index (χ1) is 11.7. The van der Waals surface area contributed by atoms with Gasteiger partial charge in [-0.3, -0.25) is 4.79 Å². The molecule has 0 spiro atoms. The second kappa shape index (κ2) is 7.49. The number of likely N-dealkylation sites (N-methyl/N-ethyl adjacent to an activating group) is 1. The van der Waals surface area contributed by atoms with Gasteiger partial charge in [0.15, 0.2) is 11.4 Å². The number of hydrogen-bond donors (Lipinski definition) is 0. The number of methoxy groups -OCH3 is 1. The molecule has 0 bridgehead atoms. The van der Waals surface area contributed by atoms with E-state index in [1.807, 2.05) is 37.3 Å². The minimum Gasteiger partial charge on any atom is -0.493 e. The standard InChI is InChI=1S/C18H23N3O3/c1-3-20(12-15-10-7-11-24-15)18(22)17-16(23-2)13-21(19-17)14-8-5-4-6-9-14/h4-6,8-9,13,15H,3,7,10-12H2,1-2H3/t15-/m1/s1. The van der Waals surface area contributed by atoms with Crippen LogP contribution in [0.2, 0.25) is 0 Å². The summed E-state index contributed by atoms with van der Waals surface area (Å²) in [4.78, 5) is 14.7. The van der Waals surface area contributed by atoms with Crippen molar-refractivity contribution in [1.82, 2.24) is 14.7 Å². The van der Waals surface area contributed by atoms with Crippen molar-refractivity contribution < 1.29 is 14.3 Å². The van der Waals surface area contributed by atoms with Gasteiger partial charge in [-0.05, 0) is 31.9 Å². The number of hydrogen-bond acceptors (Lipinski definition) is 4. The highest BCUT2D eigenvalue weighted by atomic mass is 16.5. The molecule has 2 aromatic rings. The van der Waals surface area contributed by atoms with Crippen molar-refractivity contribution in [1.29, 1.82) is 0 Å². The smallest absolute Gasteiger partial charge is 0.278 e. The number of nitrogens with zero attached hydrogens (tertiary/aromatic N) is 3. The fourth-order valence-electron chi connectivity index (χ4n) is 2.91. The normalized spacial score (nSPS) is 17.0. The van der Waals surface area contributed by atoms with Crippen molar-refractivity contribution in [2.75, 3.05) is 26.8 Å². The molecule has 0 unspecified atom stereocenters. The Morgan fingerprint density at radius 2 is 2.21 bits per heavy atom. The lowest BCUT2D eigenvalue weighted by molar-refractivity contribution is 0.0532. The molecule has 1 aliphatic heterocycles. The highest BCUT2D eigenvalue weighted by Crippen LogP contribution is 2.22. The van der Waals surface area contributed by atoms with Crippen LogP contribution in [0.5, 0.6) is 5.75 Å². The number of carbonyl (C=O) groups is 1. The number of carbonyl (C=O) groups excluding carboxylic acids is 1. The summed E-state index contributed by atoms with van der Waals surface area (Å²) in [6.07, 6.45) is 3.92. The second-order valence-electron chi connectivity index (χ2n) is 5.81. The van der Waals surface area contributed by atoms with Crippen LogP contribution in [0.1, 0.15) is 30.3 Å².